The molecule has 0 saturated carbocycles. The van der Waals surface area contributed by atoms with Crippen LogP contribution in [0.25, 0.3) is 22.3 Å². The molecule has 0 amide bonds. The molecule has 0 radical (unpaired) electrons. The lowest BCUT2D eigenvalue weighted by atomic mass is 9.97. The Morgan fingerprint density at radius 1 is 0.600 bits per heavy atom. The standard InChI is InChI=1S/C26H23NO2S/c1-19-11-17-23(18-12-19)30(28,29)27-26-10-6-5-9-25(26)22-15-13-21(14-16-22)24-8-4-3-7-20(24)2/h3-18,27H,1-2H3. The fourth-order valence-electron chi connectivity index (χ4n) is 3.47. The number of sulfonamides is 1. The molecule has 0 fully saturated rings. The molecule has 4 aromatic rings. The predicted octanol–water partition coefficient (Wildman–Crippen LogP) is 6.44. The van der Waals surface area contributed by atoms with Crippen LogP contribution in [0.3, 0.4) is 0 Å². The van der Waals surface area contributed by atoms with Gasteiger partial charge in [0.15, 0.2) is 0 Å². The molecule has 3 nitrogen and oxygen atoms in total. The Hall–Kier alpha value is -3.37. The lowest BCUT2D eigenvalue weighted by Gasteiger charge is -2.14. The number of anilines is 1. The van der Waals surface area contributed by atoms with Crippen molar-refractivity contribution in [3.63, 3.8) is 0 Å². The van der Waals surface area contributed by atoms with Gasteiger partial charge < -0.3 is 0 Å². The molecule has 0 bridgehead atoms. The highest BCUT2D eigenvalue weighted by Crippen LogP contribution is 2.32. The van der Waals surface area contributed by atoms with Gasteiger partial charge in [-0.15, -0.1) is 0 Å². The van der Waals surface area contributed by atoms with Gasteiger partial charge in [-0.05, 0) is 54.3 Å². The molecule has 30 heavy (non-hydrogen) atoms. The van der Waals surface area contributed by atoms with Crippen LogP contribution in [0.1, 0.15) is 11.1 Å². The van der Waals surface area contributed by atoms with Gasteiger partial charge in [0, 0.05) is 5.56 Å². The van der Waals surface area contributed by atoms with E-state index in [2.05, 4.69) is 35.9 Å². The highest BCUT2D eigenvalue weighted by molar-refractivity contribution is 7.92. The van der Waals surface area contributed by atoms with Crippen molar-refractivity contribution >= 4 is 15.7 Å². The van der Waals surface area contributed by atoms with Crippen molar-refractivity contribution in [3.05, 3.63) is 108 Å². The Morgan fingerprint density at radius 3 is 1.77 bits per heavy atom. The summed E-state index contributed by atoms with van der Waals surface area (Å²) in [6.07, 6.45) is 0. The van der Waals surface area contributed by atoms with E-state index in [1.165, 1.54) is 11.1 Å². The molecule has 4 rings (SSSR count). The number of nitrogens with one attached hydrogen (secondary N) is 1. The van der Waals surface area contributed by atoms with Crippen LogP contribution in [0.15, 0.2) is 102 Å². The fourth-order valence-corrected chi connectivity index (χ4v) is 4.55. The van der Waals surface area contributed by atoms with Crippen LogP contribution >= 0.6 is 0 Å². The number of hydrogen-bond donors (Lipinski definition) is 1. The third kappa shape index (κ3) is 4.14. The van der Waals surface area contributed by atoms with Gasteiger partial charge in [0.25, 0.3) is 10.0 Å². The fraction of sp³-hybridized carbons (Fsp3) is 0.0769. The minimum atomic E-state index is -3.67. The van der Waals surface area contributed by atoms with E-state index < -0.39 is 10.0 Å². The highest BCUT2D eigenvalue weighted by Gasteiger charge is 2.16. The second kappa shape index (κ2) is 8.17. The molecule has 0 aliphatic rings. The highest BCUT2D eigenvalue weighted by atomic mass is 32.2. The van der Waals surface area contributed by atoms with Gasteiger partial charge >= 0.3 is 0 Å². The summed E-state index contributed by atoms with van der Waals surface area (Å²) in [5.74, 6) is 0. The second-order valence-electron chi connectivity index (χ2n) is 7.36. The summed E-state index contributed by atoms with van der Waals surface area (Å²) in [5.41, 5.74) is 6.91. The molecule has 0 heterocycles. The van der Waals surface area contributed by atoms with E-state index in [1.807, 2.05) is 49.4 Å². The number of benzene rings is 4. The zero-order valence-electron chi connectivity index (χ0n) is 17.0. The van der Waals surface area contributed by atoms with Gasteiger partial charge in [-0.2, -0.15) is 0 Å². The number of aryl methyl sites for hydroxylation is 2. The normalized spacial score (nSPS) is 11.3. The predicted molar refractivity (Wildman–Crippen MR) is 124 cm³/mol. The molecule has 0 aromatic heterocycles. The first kappa shape index (κ1) is 19.9. The van der Waals surface area contributed by atoms with E-state index in [4.69, 9.17) is 0 Å². The monoisotopic (exact) mass is 413 g/mol. The average Bonchev–Trinajstić information content (AvgIpc) is 2.75. The van der Waals surface area contributed by atoms with Crippen LogP contribution in [0.4, 0.5) is 5.69 Å². The zero-order chi connectivity index (χ0) is 21.1. The van der Waals surface area contributed by atoms with E-state index in [0.717, 1.165) is 22.3 Å². The summed E-state index contributed by atoms with van der Waals surface area (Å²) in [4.78, 5) is 0.248. The largest absolute Gasteiger partial charge is 0.279 e. The maximum atomic E-state index is 12.9. The van der Waals surface area contributed by atoms with Crippen LogP contribution in [-0.2, 0) is 10.0 Å². The van der Waals surface area contributed by atoms with Gasteiger partial charge in [-0.25, -0.2) is 8.42 Å². The van der Waals surface area contributed by atoms with E-state index in [-0.39, 0.29) is 4.90 Å². The Labute approximate surface area is 178 Å². The first-order chi connectivity index (χ1) is 14.4. The van der Waals surface area contributed by atoms with Gasteiger partial charge in [-0.1, -0.05) is 84.4 Å². The van der Waals surface area contributed by atoms with Crippen molar-refractivity contribution in [1.82, 2.24) is 0 Å². The Morgan fingerprint density at radius 2 is 1.13 bits per heavy atom. The Balaban J connectivity index is 1.67. The molecule has 0 aliphatic heterocycles. The number of para-hydroxylation sites is 1. The summed E-state index contributed by atoms with van der Waals surface area (Å²) in [5, 5.41) is 0. The third-order valence-corrected chi connectivity index (χ3v) is 6.54. The molecule has 0 unspecified atom stereocenters. The van der Waals surface area contributed by atoms with Crippen LogP contribution in [0, 0.1) is 13.8 Å². The minimum Gasteiger partial charge on any atom is -0.279 e. The first-order valence-electron chi connectivity index (χ1n) is 9.79. The van der Waals surface area contributed by atoms with Crippen molar-refractivity contribution in [3.8, 4) is 22.3 Å². The van der Waals surface area contributed by atoms with Gasteiger partial charge in [0.2, 0.25) is 0 Å². The summed E-state index contributed by atoms with van der Waals surface area (Å²) in [6.45, 7) is 4.03. The molecule has 0 atom stereocenters. The molecule has 150 valence electrons. The lowest BCUT2D eigenvalue weighted by molar-refractivity contribution is 0.601. The van der Waals surface area contributed by atoms with Crippen molar-refractivity contribution in [2.75, 3.05) is 4.72 Å². The summed E-state index contributed by atoms with van der Waals surface area (Å²) in [7, 11) is -3.67. The maximum absolute atomic E-state index is 12.9. The molecule has 4 aromatic carbocycles. The zero-order valence-corrected chi connectivity index (χ0v) is 17.8. The van der Waals surface area contributed by atoms with Crippen molar-refractivity contribution in [2.24, 2.45) is 0 Å². The van der Waals surface area contributed by atoms with E-state index in [9.17, 15) is 8.42 Å². The molecule has 4 heteroatoms. The minimum absolute atomic E-state index is 0.248. The van der Waals surface area contributed by atoms with Gasteiger partial charge in [0.1, 0.15) is 0 Å². The summed E-state index contributed by atoms with van der Waals surface area (Å²) in [6, 6.07) is 30.8. The van der Waals surface area contributed by atoms with E-state index in [1.54, 1.807) is 30.3 Å². The quantitative estimate of drug-likeness (QED) is 0.409. The van der Waals surface area contributed by atoms with Crippen molar-refractivity contribution in [2.45, 2.75) is 18.7 Å². The molecular formula is C26H23NO2S. The molecule has 1 N–H and O–H groups in total. The van der Waals surface area contributed by atoms with Crippen LogP contribution in [0.2, 0.25) is 0 Å². The summed E-state index contributed by atoms with van der Waals surface area (Å²) < 4.78 is 28.5. The van der Waals surface area contributed by atoms with Crippen LogP contribution in [-0.4, -0.2) is 8.42 Å². The SMILES string of the molecule is Cc1ccc(S(=O)(=O)Nc2ccccc2-c2ccc(-c3ccccc3C)cc2)cc1. The Kier molecular flexibility index (Phi) is 5.42. The molecule has 0 aliphatic carbocycles. The smallest absolute Gasteiger partial charge is 0.261 e. The van der Waals surface area contributed by atoms with Crippen LogP contribution < -0.4 is 4.72 Å². The summed E-state index contributed by atoms with van der Waals surface area (Å²) >= 11 is 0. The average molecular weight is 414 g/mol. The lowest BCUT2D eigenvalue weighted by Crippen LogP contribution is -2.13. The third-order valence-electron chi connectivity index (χ3n) is 5.15. The van der Waals surface area contributed by atoms with E-state index >= 15 is 0 Å². The van der Waals surface area contributed by atoms with Crippen molar-refractivity contribution in [1.29, 1.82) is 0 Å². The molecular weight excluding hydrogens is 390 g/mol. The maximum Gasteiger partial charge on any atom is 0.261 e. The van der Waals surface area contributed by atoms with Gasteiger partial charge in [-0.3, -0.25) is 4.72 Å². The first-order valence-corrected chi connectivity index (χ1v) is 11.3. The van der Waals surface area contributed by atoms with Gasteiger partial charge in [0.05, 0.1) is 10.6 Å². The Bertz CT molecular complexity index is 1280. The second-order valence-corrected chi connectivity index (χ2v) is 9.04. The van der Waals surface area contributed by atoms with E-state index in [0.29, 0.717) is 5.69 Å². The van der Waals surface area contributed by atoms with Crippen molar-refractivity contribution < 1.29 is 8.42 Å². The topological polar surface area (TPSA) is 46.2 Å². The molecule has 0 spiro atoms. The molecule has 0 saturated heterocycles. The van der Waals surface area contributed by atoms with Crippen LogP contribution in [0.5, 0.6) is 0 Å². The number of hydrogen-bond acceptors (Lipinski definition) is 2. The number of rotatable bonds is 5.